The Balaban J connectivity index is 2.72. The molecule has 1 aliphatic heterocycles. The largest absolute Gasteiger partial charge is 0.481 e. The van der Waals surface area contributed by atoms with E-state index in [1.807, 2.05) is 0 Å². The standard InChI is InChI=1S/C7H10O4/c8-5-7(6(9)10)1-3-11-4-2-7/h5H,1-4H2,(H,9,10). The van der Waals surface area contributed by atoms with Crippen LogP contribution in [-0.4, -0.2) is 30.6 Å². The molecule has 0 amide bonds. The van der Waals surface area contributed by atoms with Crippen molar-refractivity contribution in [3.8, 4) is 0 Å². The smallest absolute Gasteiger partial charge is 0.317 e. The maximum absolute atomic E-state index is 10.6. The highest BCUT2D eigenvalue weighted by molar-refractivity contribution is 5.91. The predicted octanol–water partition coefficient (Wildman–Crippen LogP) is 0.0667. The summed E-state index contributed by atoms with van der Waals surface area (Å²) in [7, 11) is 0. The zero-order valence-electron chi connectivity index (χ0n) is 6.08. The van der Waals surface area contributed by atoms with Gasteiger partial charge in [-0.2, -0.15) is 0 Å². The molecule has 0 unspecified atom stereocenters. The molecule has 0 aromatic carbocycles. The fraction of sp³-hybridized carbons (Fsp3) is 0.714. The first kappa shape index (κ1) is 8.20. The molecule has 0 spiro atoms. The lowest BCUT2D eigenvalue weighted by atomic mass is 9.82. The summed E-state index contributed by atoms with van der Waals surface area (Å²) in [5.74, 6) is -1.03. The van der Waals surface area contributed by atoms with E-state index in [9.17, 15) is 9.59 Å². The highest BCUT2D eigenvalue weighted by Crippen LogP contribution is 2.27. The molecule has 0 bridgehead atoms. The Morgan fingerprint density at radius 2 is 2.00 bits per heavy atom. The summed E-state index contributed by atoms with van der Waals surface area (Å²) in [4.78, 5) is 21.1. The molecule has 0 saturated carbocycles. The van der Waals surface area contributed by atoms with E-state index < -0.39 is 11.4 Å². The number of ether oxygens (including phenoxy) is 1. The van der Waals surface area contributed by atoms with E-state index in [0.717, 1.165) is 0 Å². The van der Waals surface area contributed by atoms with Crippen LogP contribution in [0.2, 0.25) is 0 Å². The average Bonchev–Trinajstić information content (AvgIpc) is 2.05. The summed E-state index contributed by atoms with van der Waals surface area (Å²) in [6.07, 6.45) is 1.12. The van der Waals surface area contributed by atoms with Gasteiger partial charge < -0.3 is 14.6 Å². The molecule has 1 rings (SSSR count). The number of carboxylic acids is 1. The Bertz CT molecular complexity index is 169. The zero-order valence-corrected chi connectivity index (χ0v) is 6.08. The van der Waals surface area contributed by atoms with Gasteiger partial charge in [-0.25, -0.2) is 0 Å². The number of carbonyl (C=O) groups is 2. The van der Waals surface area contributed by atoms with Crippen molar-refractivity contribution in [2.24, 2.45) is 5.41 Å². The molecule has 4 nitrogen and oxygen atoms in total. The Kier molecular flexibility index (Phi) is 2.24. The third-order valence-corrected chi connectivity index (χ3v) is 2.04. The molecular formula is C7H10O4. The first-order valence-corrected chi connectivity index (χ1v) is 3.49. The number of carbonyl (C=O) groups excluding carboxylic acids is 1. The van der Waals surface area contributed by atoms with Crippen LogP contribution in [0.15, 0.2) is 0 Å². The topological polar surface area (TPSA) is 63.6 Å². The van der Waals surface area contributed by atoms with E-state index in [1.165, 1.54) is 0 Å². The van der Waals surface area contributed by atoms with E-state index in [4.69, 9.17) is 9.84 Å². The van der Waals surface area contributed by atoms with Gasteiger partial charge in [0.05, 0.1) is 0 Å². The molecule has 1 aliphatic rings. The molecule has 1 fully saturated rings. The average molecular weight is 158 g/mol. The molecule has 1 heterocycles. The van der Waals surface area contributed by atoms with Crippen molar-refractivity contribution in [3.63, 3.8) is 0 Å². The van der Waals surface area contributed by atoms with E-state index in [0.29, 0.717) is 32.3 Å². The maximum atomic E-state index is 10.6. The lowest BCUT2D eigenvalue weighted by Gasteiger charge is -2.27. The van der Waals surface area contributed by atoms with Crippen LogP contribution in [0.1, 0.15) is 12.8 Å². The Hall–Kier alpha value is -0.900. The van der Waals surface area contributed by atoms with Gasteiger partial charge in [-0.1, -0.05) is 0 Å². The van der Waals surface area contributed by atoms with Crippen molar-refractivity contribution in [1.29, 1.82) is 0 Å². The van der Waals surface area contributed by atoms with Gasteiger partial charge in [0, 0.05) is 13.2 Å². The second kappa shape index (κ2) is 3.00. The van der Waals surface area contributed by atoms with Crippen molar-refractivity contribution in [2.45, 2.75) is 12.8 Å². The van der Waals surface area contributed by atoms with Crippen LogP contribution in [0.4, 0.5) is 0 Å². The minimum Gasteiger partial charge on any atom is -0.481 e. The number of hydrogen-bond donors (Lipinski definition) is 1. The van der Waals surface area contributed by atoms with Gasteiger partial charge in [0.1, 0.15) is 11.7 Å². The third-order valence-electron chi connectivity index (χ3n) is 2.04. The van der Waals surface area contributed by atoms with Crippen LogP contribution in [0.5, 0.6) is 0 Å². The molecule has 0 aliphatic carbocycles. The number of aliphatic carboxylic acids is 1. The SMILES string of the molecule is O=CC1(C(=O)O)CCOCC1. The third kappa shape index (κ3) is 1.40. The van der Waals surface area contributed by atoms with Crippen molar-refractivity contribution in [2.75, 3.05) is 13.2 Å². The molecule has 1 saturated heterocycles. The summed E-state index contributed by atoms with van der Waals surface area (Å²) in [5.41, 5.74) is -1.17. The zero-order chi connectivity index (χ0) is 8.32. The van der Waals surface area contributed by atoms with Gasteiger partial charge in [-0.15, -0.1) is 0 Å². The van der Waals surface area contributed by atoms with Gasteiger partial charge in [0.25, 0.3) is 0 Å². The molecule has 0 aromatic heterocycles. The van der Waals surface area contributed by atoms with Crippen LogP contribution < -0.4 is 0 Å². The van der Waals surface area contributed by atoms with Gasteiger partial charge in [0.15, 0.2) is 0 Å². The summed E-state index contributed by atoms with van der Waals surface area (Å²) >= 11 is 0. The van der Waals surface area contributed by atoms with Crippen molar-refractivity contribution < 1.29 is 19.4 Å². The lowest BCUT2D eigenvalue weighted by molar-refractivity contribution is -0.156. The minimum absolute atomic E-state index is 0.297. The number of rotatable bonds is 2. The molecule has 1 N–H and O–H groups in total. The first-order chi connectivity index (χ1) is 5.21. The molecule has 0 aromatic rings. The van der Waals surface area contributed by atoms with Crippen LogP contribution >= 0.6 is 0 Å². The molecule has 4 heteroatoms. The molecular weight excluding hydrogens is 148 g/mol. The van der Waals surface area contributed by atoms with Crippen molar-refractivity contribution >= 4 is 12.3 Å². The molecule has 0 radical (unpaired) electrons. The Morgan fingerprint density at radius 3 is 2.27 bits per heavy atom. The normalized spacial score (nSPS) is 22.5. The second-order valence-electron chi connectivity index (χ2n) is 2.69. The van der Waals surface area contributed by atoms with Gasteiger partial charge in [-0.3, -0.25) is 4.79 Å². The van der Waals surface area contributed by atoms with E-state index in [1.54, 1.807) is 0 Å². The second-order valence-corrected chi connectivity index (χ2v) is 2.69. The monoisotopic (exact) mass is 158 g/mol. The quantitative estimate of drug-likeness (QED) is 0.456. The van der Waals surface area contributed by atoms with Gasteiger partial charge >= 0.3 is 5.97 Å². The highest BCUT2D eigenvalue weighted by atomic mass is 16.5. The van der Waals surface area contributed by atoms with Crippen LogP contribution in [-0.2, 0) is 14.3 Å². The maximum Gasteiger partial charge on any atom is 0.317 e. The lowest BCUT2D eigenvalue weighted by Crippen LogP contribution is -2.38. The summed E-state index contributed by atoms with van der Waals surface area (Å²) < 4.78 is 4.95. The molecule has 0 atom stereocenters. The van der Waals surface area contributed by atoms with Crippen molar-refractivity contribution in [3.05, 3.63) is 0 Å². The highest BCUT2D eigenvalue weighted by Gasteiger charge is 2.39. The van der Waals surface area contributed by atoms with Gasteiger partial charge in [0.2, 0.25) is 0 Å². The minimum atomic E-state index is -1.17. The predicted molar refractivity (Wildman–Crippen MR) is 36.2 cm³/mol. The van der Waals surface area contributed by atoms with Crippen LogP contribution in [0, 0.1) is 5.41 Å². The molecule has 11 heavy (non-hydrogen) atoms. The van der Waals surface area contributed by atoms with Gasteiger partial charge in [-0.05, 0) is 12.8 Å². The Labute approximate surface area is 64.2 Å². The fourth-order valence-corrected chi connectivity index (χ4v) is 1.12. The summed E-state index contributed by atoms with van der Waals surface area (Å²) in [6.45, 7) is 0.732. The summed E-state index contributed by atoms with van der Waals surface area (Å²) in [5, 5.41) is 8.70. The van der Waals surface area contributed by atoms with Crippen molar-refractivity contribution in [1.82, 2.24) is 0 Å². The van der Waals surface area contributed by atoms with Crippen LogP contribution in [0.3, 0.4) is 0 Å². The number of aldehydes is 1. The Morgan fingerprint density at radius 1 is 1.45 bits per heavy atom. The summed E-state index contributed by atoms with van der Waals surface area (Å²) in [6, 6.07) is 0. The number of hydrogen-bond acceptors (Lipinski definition) is 3. The van der Waals surface area contributed by atoms with E-state index >= 15 is 0 Å². The van der Waals surface area contributed by atoms with E-state index in [-0.39, 0.29) is 0 Å². The fourth-order valence-electron chi connectivity index (χ4n) is 1.12. The first-order valence-electron chi connectivity index (χ1n) is 3.49. The number of carboxylic acid groups (broad SMARTS) is 1. The van der Waals surface area contributed by atoms with E-state index in [2.05, 4.69) is 0 Å². The molecule has 62 valence electrons. The van der Waals surface area contributed by atoms with Crippen LogP contribution in [0.25, 0.3) is 0 Å².